The lowest BCUT2D eigenvalue weighted by Crippen LogP contribution is -2.56. The second kappa shape index (κ2) is 17.6. The van der Waals surface area contributed by atoms with Crippen molar-refractivity contribution in [3.05, 3.63) is 24.5 Å². The van der Waals surface area contributed by atoms with Gasteiger partial charge >= 0.3 is 24.3 Å². The van der Waals surface area contributed by atoms with Gasteiger partial charge in [-0.1, -0.05) is 12.8 Å². The molecule has 2 spiro atoms. The third-order valence-corrected chi connectivity index (χ3v) is 11.4. The van der Waals surface area contributed by atoms with Crippen LogP contribution >= 0.6 is 0 Å². The number of nitrogens with zero attached hydrogens (tertiary/aromatic N) is 7. The number of likely N-dealkylation sites (tertiary alicyclic amines) is 3. The van der Waals surface area contributed by atoms with Crippen LogP contribution in [0.1, 0.15) is 85.0 Å². The van der Waals surface area contributed by atoms with Gasteiger partial charge in [-0.05, 0) is 77.6 Å². The van der Waals surface area contributed by atoms with Crippen molar-refractivity contribution in [2.75, 3.05) is 54.7 Å². The number of carbonyl (C=O) groups is 4. The molecule has 3 aliphatic heterocycles. The summed E-state index contributed by atoms with van der Waals surface area (Å²) in [5.41, 5.74) is -0.356. The Kier molecular flexibility index (Phi) is 14.0. The standard InChI is InChI=1S/C18H29N5O5S.C14H22N4O3S.C2HF3O/c1-17(2,3)28-16(25)22-10-5-7-18(22)8-12-21(13-9-18)15(24)23-11-6-14(19-23)20-29(4,26)27;1-22(20,21)16-12-4-9-18(15-12)13(19)17-10-7-14(8-11-17)5-2-3-6-14;3-2(4,5)1-6/h6,11H,5,7-10,12-13H2,1-4H3,(H,19,20);4,9H,2-3,5-8,10-11H2,1H3,(H,15,16);1H. The summed E-state index contributed by atoms with van der Waals surface area (Å²) in [6.45, 7) is 8.73. The van der Waals surface area contributed by atoms with Crippen LogP contribution in [0.15, 0.2) is 24.5 Å². The van der Waals surface area contributed by atoms with Gasteiger partial charge in [0.1, 0.15) is 5.60 Å². The fourth-order valence-corrected chi connectivity index (χ4v) is 8.59. The zero-order valence-electron chi connectivity index (χ0n) is 32.7. The van der Waals surface area contributed by atoms with Gasteiger partial charge in [0.15, 0.2) is 11.6 Å². The van der Waals surface area contributed by atoms with Gasteiger partial charge in [0.05, 0.1) is 12.5 Å². The number of carbonyl (C=O) groups excluding carboxylic acids is 4. The van der Waals surface area contributed by atoms with Crippen LogP contribution in [-0.4, -0.2) is 138 Å². The average Bonchev–Trinajstić information content (AvgIpc) is 3.92. The first-order valence-corrected chi connectivity index (χ1v) is 22.3. The van der Waals surface area contributed by atoms with Gasteiger partial charge in [0.25, 0.3) is 0 Å². The summed E-state index contributed by atoms with van der Waals surface area (Å²) in [5, 5.41) is 7.99. The Morgan fingerprint density at radius 3 is 1.53 bits per heavy atom. The third-order valence-electron chi connectivity index (χ3n) is 10.2. The first kappa shape index (κ1) is 45.3. The number of anilines is 2. The molecule has 4 fully saturated rings. The molecule has 6 rings (SSSR count). The molecule has 0 radical (unpaired) electrons. The maximum Gasteiger partial charge on any atom is 0.446 e. The molecule has 0 atom stereocenters. The predicted octanol–water partition coefficient (Wildman–Crippen LogP) is 4.71. The monoisotopic (exact) mass is 851 g/mol. The van der Waals surface area contributed by atoms with Gasteiger partial charge in [-0.3, -0.25) is 14.2 Å². The quantitative estimate of drug-likeness (QED) is 0.402. The summed E-state index contributed by atoms with van der Waals surface area (Å²) in [7, 11) is -6.84. The summed E-state index contributed by atoms with van der Waals surface area (Å²) in [4.78, 5) is 51.8. The van der Waals surface area contributed by atoms with E-state index in [0.29, 0.717) is 37.9 Å². The second-order valence-corrected chi connectivity index (χ2v) is 19.4. The number of hydrogen-bond acceptors (Lipinski definition) is 11. The fraction of sp³-hybridized carbons (Fsp3) is 0.706. The Morgan fingerprint density at radius 2 is 1.14 bits per heavy atom. The Balaban J connectivity index is 0.000000227. The Labute approximate surface area is 330 Å². The zero-order chi connectivity index (χ0) is 42.5. The van der Waals surface area contributed by atoms with Crippen LogP contribution in [0, 0.1) is 5.41 Å². The van der Waals surface area contributed by atoms with Gasteiger partial charge < -0.3 is 19.4 Å². The number of hydrogen-bond donors (Lipinski definition) is 2. The van der Waals surface area contributed by atoms with Crippen molar-refractivity contribution in [3.8, 4) is 0 Å². The van der Waals surface area contributed by atoms with Crippen LogP contribution in [0.4, 0.5) is 39.2 Å². The number of aromatic nitrogens is 4. The predicted molar refractivity (Wildman–Crippen MR) is 203 cm³/mol. The van der Waals surface area contributed by atoms with Crippen molar-refractivity contribution in [1.29, 1.82) is 0 Å². The Bertz CT molecular complexity index is 1960. The van der Waals surface area contributed by atoms with Crippen molar-refractivity contribution in [2.45, 2.75) is 102 Å². The summed E-state index contributed by atoms with van der Waals surface area (Å²) in [5.74, 6) is 0.265. The van der Waals surface area contributed by atoms with Crippen LogP contribution in [0.3, 0.4) is 0 Å². The third kappa shape index (κ3) is 13.3. The van der Waals surface area contributed by atoms with E-state index >= 15 is 0 Å². The van der Waals surface area contributed by atoms with E-state index in [9.17, 15) is 44.4 Å². The number of amides is 3. The molecule has 4 aliphatic rings. The lowest BCUT2D eigenvalue weighted by molar-refractivity contribution is -0.156. The van der Waals surface area contributed by atoms with Crippen LogP contribution in [-0.2, 0) is 29.6 Å². The number of rotatable bonds is 4. The number of alkyl halides is 3. The zero-order valence-corrected chi connectivity index (χ0v) is 34.4. The molecule has 1 saturated carbocycles. The number of halogens is 3. The molecule has 2 N–H and O–H groups in total. The minimum absolute atomic E-state index is 0.0984. The van der Waals surface area contributed by atoms with Crippen molar-refractivity contribution >= 4 is 56.1 Å². The molecule has 0 unspecified atom stereocenters. The first-order valence-electron chi connectivity index (χ1n) is 18.5. The van der Waals surface area contributed by atoms with Gasteiger partial charge in [0, 0.05) is 62.8 Å². The highest BCUT2D eigenvalue weighted by molar-refractivity contribution is 7.92. The van der Waals surface area contributed by atoms with Gasteiger partial charge in [0.2, 0.25) is 26.3 Å². The molecule has 320 valence electrons. The molecule has 0 bridgehead atoms. The highest BCUT2D eigenvalue weighted by atomic mass is 32.2. The van der Waals surface area contributed by atoms with E-state index in [1.54, 1.807) is 9.80 Å². The van der Waals surface area contributed by atoms with E-state index in [4.69, 9.17) is 9.53 Å². The Morgan fingerprint density at radius 1 is 0.719 bits per heavy atom. The summed E-state index contributed by atoms with van der Waals surface area (Å²) >= 11 is 0. The molecule has 5 heterocycles. The van der Waals surface area contributed by atoms with Gasteiger partial charge in [-0.15, -0.1) is 10.2 Å². The summed E-state index contributed by atoms with van der Waals surface area (Å²) in [6, 6.07) is 2.42. The van der Waals surface area contributed by atoms with E-state index in [2.05, 4.69) is 19.6 Å². The van der Waals surface area contributed by atoms with Gasteiger partial charge in [-0.2, -0.15) is 22.5 Å². The smallest absolute Gasteiger partial charge is 0.444 e. The maximum atomic E-state index is 12.7. The van der Waals surface area contributed by atoms with Crippen LogP contribution in [0.5, 0.6) is 0 Å². The number of ether oxygens (including phenoxy) is 1. The number of piperidine rings is 2. The lowest BCUT2D eigenvalue weighted by atomic mass is 9.77. The van der Waals surface area contributed by atoms with Gasteiger partial charge in [-0.25, -0.2) is 31.2 Å². The Hall–Kier alpha value is -4.41. The number of sulfonamides is 2. The molecule has 23 heteroatoms. The topological polar surface area (TPSA) is 215 Å². The molecule has 0 aromatic carbocycles. The van der Waals surface area contributed by atoms with Crippen LogP contribution in [0.2, 0.25) is 0 Å². The summed E-state index contributed by atoms with van der Waals surface area (Å²) < 4.78 is 88.6. The fourth-order valence-electron chi connectivity index (χ4n) is 7.61. The molecular weight excluding hydrogens is 800 g/mol. The SMILES string of the molecule is CC(C)(C)OC(=O)N1CCCC12CCN(C(=O)n1ccc(NS(C)(=O)=O)n1)CC2.CS(=O)(=O)Nc1ccn(C(=O)N2CCC3(CCCC3)CC2)n1.O=CC(F)(F)F. The van der Waals surface area contributed by atoms with E-state index in [0.717, 1.165) is 56.0 Å². The van der Waals surface area contributed by atoms with E-state index < -0.39 is 38.1 Å². The molecule has 2 aromatic heterocycles. The largest absolute Gasteiger partial charge is 0.446 e. The summed E-state index contributed by atoms with van der Waals surface area (Å²) in [6.07, 6.45) is 9.52. The van der Waals surface area contributed by atoms with E-state index in [1.165, 1.54) is 54.9 Å². The molecular formula is C34H52F3N9O9S2. The highest BCUT2D eigenvalue weighted by Gasteiger charge is 2.47. The molecule has 3 saturated heterocycles. The second-order valence-electron chi connectivity index (χ2n) is 15.9. The maximum absolute atomic E-state index is 12.7. The van der Waals surface area contributed by atoms with Crippen molar-refractivity contribution in [3.63, 3.8) is 0 Å². The van der Waals surface area contributed by atoms with E-state index in [1.807, 2.05) is 25.7 Å². The minimum Gasteiger partial charge on any atom is -0.444 e. The average molecular weight is 852 g/mol. The van der Waals surface area contributed by atoms with Crippen LogP contribution in [0.25, 0.3) is 0 Å². The molecule has 18 nitrogen and oxygen atoms in total. The normalized spacial score (nSPS) is 19.3. The molecule has 2 aromatic rings. The lowest BCUT2D eigenvalue weighted by Gasteiger charge is -2.44. The highest BCUT2D eigenvalue weighted by Crippen LogP contribution is 2.46. The molecule has 1 aliphatic carbocycles. The minimum atomic E-state index is -4.64. The first-order chi connectivity index (χ1) is 26.3. The van der Waals surface area contributed by atoms with Crippen LogP contribution < -0.4 is 9.44 Å². The van der Waals surface area contributed by atoms with E-state index in [-0.39, 0.29) is 35.3 Å². The van der Waals surface area contributed by atoms with Crippen molar-refractivity contribution < 1.29 is 53.9 Å². The van der Waals surface area contributed by atoms with Crippen molar-refractivity contribution in [2.24, 2.45) is 5.41 Å². The number of aldehydes is 1. The number of nitrogens with one attached hydrogen (secondary N) is 2. The van der Waals surface area contributed by atoms with Crippen molar-refractivity contribution in [1.82, 2.24) is 34.3 Å². The molecule has 3 amide bonds. The molecule has 57 heavy (non-hydrogen) atoms.